The van der Waals surface area contributed by atoms with Crippen molar-refractivity contribution >= 4 is 5.91 Å². The van der Waals surface area contributed by atoms with Crippen LogP contribution in [0.25, 0.3) is 0 Å². The predicted octanol–water partition coefficient (Wildman–Crippen LogP) is 2.88. The van der Waals surface area contributed by atoms with Crippen LogP contribution in [-0.4, -0.2) is 30.1 Å². The Morgan fingerprint density at radius 3 is 2.57 bits per heavy atom. The molecule has 124 valence electrons. The fourth-order valence-electron chi connectivity index (χ4n) is 1.65. The zero-order chi connectivity index (χ0) is 16.9. The topological polar surface area (TPSA) is 64.4 Å². The third-order valence-corrected chi connectivity index (χ3v) is 2.81. The maximum absolute atomic E-state index is 12.7. The second kappa shape index (κ2) is 7.12. The van der Waals surface area contributed by atoms with Gasteiger partial charge in [0.15, 0.2) is 0 Å². The molecule has 23 heavy (non-hydrogen) atoms. The lowest BCUT2D eigenvalue weighted by Crippen LogP contribution is -2.33. The number of hydrogen-bond donors (Lipinski definition) is 1. The summed E-state index contributed by atoms with van der Waals surface area (Å²) in [5.41, 5.74) is 0.992. The Labute approximate surface area is 128 Å². The SMILES string of the molecule is O=C(NCCc1cnoc1)c1ccc(OC(F)(F)C(F)F)cc1. The van der Waals surface area contributed by atoms with E-state index in [0.717, 1.165) is 17.7 Å². The zero-order valence-electron chi connectivity index (χ0n) is 11.6. The first-order valence-electron chi connectivity index (χ1n) is 6.50. The van der Waals surface area contributed by atoms with Gasteiger partial charge in [0.1, 0.15) is 12.0 Å². The fourth-order valence-corrected chi connectivity index (χ4v) is 1.65. The monoisotopic (exact) mass is 332 g/mol. The zero-order valence-corrected chi connectivity index (χ0v) is 11.6. The molecule has 0 spiro atoms. The van der Waals surface area contributed by atoms with Gasteiger partial charge in [-0.3, -0.25) is 4.79 Å². The minimum Gasteiger partial charge on any atom is -0.428 e. The van der Waals surface area contributed by atoms with Crippen LogP contribution in [0.15, 0.2) is 41.2 Å². The first-order chi connectivity index (χ1) is 10.9. The van der Waals surface area contributed by atoms with Gasteiger partial charge in [-0.05, 0) is 30.7 Å². The summed E-state index contributed by atoms with van der Waals surface area (Å²) in [6.07, 6.45) is -5.05. The molecule has 0 unspecified atom stereocenters. The number of nitrogens with zero attached hydrogens (tertiary/aromatic N) is 1. The largest absolute Gasteiger partial charge is 0.461 e. The van der Waals surface area contributed by atoms with E-state index >= 15 is 0 Å². The molecule has 1 aromatic heterocycles. The van der Waals surface area contributed by atoms with Crippen LogP contribution in [0.3, 0.4) is 0 Å². The lowest BCUT2D eigenvalue weighted by atomic mass is 10.2. The molecule has 0 fully saturated rings. The summed E-state index contributed by atoms with van der Waals surface area (Å²) in [6.45, 7) is 0.321. The Morgan fingerprint density at radius 2 is 2.00 bits per heavy atom. The van der Waals surface area contributed by atoms with Crippen LogP contribution < -0.4 is 10.1 Å². The van der Waals surface area contributed by atoms with Crippen LogP contribution in [0.5, 0.6) is 5.75 Å². The molecule has 0 aliphatic rings. The second-order valence-electron chi connectivity index (χ2n) is 4.53. The number of ether oxygens (including phenoxy) is 1. The van der Waals surface area contributed by atoms with Crippen molar-refractivity contribution in [2.24, 2.45) is 0 Å². The Kier molecular flexibility index (Phi) is 5.20. The number of hydrogen-bond acceptors (Lipinski definition) is 4. The summed E-state index contributed by atoms with van der Waals surface area (Å²) in [4.78, 5) is 11.8. The number of benzene rings is 1. The molecule has 0 atom stereocenters. The van der Waals surface area contributed by atoms with Gasteiger partial charge in [0.05, 0.1) is 6.20 Å². The number of carbonyl (C=O) groups is 1. The molecule has 0 radical (unpaired) electrons. The molecule has 1 aromatic carbocycles. The van der Waals surface area contributed by atoms with Crippen molar-refractivity contribution in [1.29, 1.82) is 0 Å². The van der Waals surface area contributed by atoms with Crippen LogP contribution in [0.1, 0.15) is 15.9 Å². The lowest BCUT2D eigenvalue weighted by molar-refractivity contribution is -0.253. The van der Waals surface area contributed by atoms with Gasteiger partial charge in [-0.15, -0.1) is 0 Å². The van der Waals surface area contributed by atoms with E-state index in [-0.39, 0.29) is 5.56 Å². The number of carbonyl (C=O) groups excluding carboxylic acids is 1. The third kappa shape index (κ3) is 4.70. The maximum Gasteiger partial charge on any atom is 0.461 e. The molecule has 1 amide bonds. The summed E-state index contributed by atoms with van der Waals surface area (Å²) in [5, 5.41) is 6.12. The van der Waals surface area contributed by atoms with Crippen LogP contribution in [-0.2, 0) is 6.42 Å². The van der Waals surface area contributed by atoms with Gasteiger partial charge in [-0.1, -0.05) is 5.16 Å². The van der Waals surface area contributed by atoms with Gasteiger partial charge >= 0.3 is 12.5 Å². The van der Waals surface area contributed by atoms with Crippen molar-refractivity contribution in [2.75, 3.05) is 6.54 Å². The van der Waals surface area contributed by atoms with Gasteiger partial charge in [0, 0.05) is 17.7 Å². The van der Waals surface area contributed by atoms with E-state index < -0.39 is 24.2 Å². The number of alkyl halides is 4. The highest BCUT2D eigenvalue weighted by molar-refractivity contribution is 5.94. The number of aromatic nitrogens is 1. The summed E-state index contributed by atoms with van der Waals surface area (Å²) in [6, 6.07) is 4.44. The molecular formula is C14H12F4N2O3. The van der Waals surface area contributed by atoms with E-state index in [1.54, 1.807) is 0 Å². The second-order valence-corrected chi connectivity index (χ2v) is 4.53. The van der Waals surface area contributed by atoms with E-state index in [1.807, 2.05) is 0 Å². The Hall–Kier alpha value is -2.58. The molecular weight excluding hydrogens is 320 g/mol. The summed E-state index contributed by atoms with van der Waals surface area (Å²) in [5.74, 6) is -0.898. The van der Waals surface area contributed by atoms with Crippen LogP contribution >= 0.6 is 0 Å². The first kappa shape index (κ1) is 16.8. The normalized spacial score (nSPS) is 11.5. The van der Waals surface area contributed by atoms with Crippen LogP contribution in [0.2, 0.25) is 0 Å². The van der Waals surface area contributed by atoms with E-state index in [9.17, 15) is 22.4 Å². The number of amides is 1. The molecule has 1 heterocycles. The highest BCUT2D eigenvalue weighted by atomic mass is 19.3. The standard InChI is InChI=1S/C14H12F4N2O3/c15-13(16)14(17,18)23-11-3-1-10(2-4-11)12(21)19-6-5-9-7-20-22-8-9/h1-4,7-8,13H,5-6H2,(H,19,21). The fraction of sp³-hybridized carbons (Fsp3) is 0.286. The van der Waals surface area contributed by atoms with Gasteiger partial charge in [0.25, 0.3) is 5.91 Å². The van der Waals surface area contributed by atoms with E-state index in [1.165, 1.54) is 24.6 Å². The predicted molar refractivity (Wildman–Crippen MR) is 70.6 cm³/mol. The smallest absolute Gasteiger partial charge is 0.428 e. The highest BCUT2D eigenvalue weighted by Gasteiger charge is 2.43. The van der Waals surface area contributed by atoms with Gasteiger partial charge in [0.2, 0.25) is 0 Å². The summed E-state index contributed by atoms with van der Waals surface area (Å²) < 4.78 is 58.0. The van der Waals surface area contributed by atoms with Crippen molar-refractivity contribution in [3.63, 3.8) is 0 Å². The minimum atomic E-state index is -4.58. The van der Waals surface area contributed by atoms with E-state index in [4.69, 9.17) is 0 Å². The van der Waals surface area contributed by atoms with E-state index in [2.05, 4.69) is 19.7 Å². The Balaban J connectivity index is 1.87. The number of nitrogens with one attached hydrogen (secondary N) is 1. The average Bonchev–Trinajstić information content (AvgIpc) is 3.00. The van der Waals surface area contributed by atoms with Gasteiger partial charge in [-0.25, -0.2) is 0 Å². The lowest BCUT2D eigenvalue weighted by Gasteiger charge is -2.16. The van der Waals surface area contributed by atoms with Crippen molar-refractivity contribution in [3.8, 4) is 5.75 Å². The molecule has 2 rings (SSSR count). The molecule has 0 saturated heterocycles. The number of rotatable bonds is 7. The molecule has 9 heteroatoms. The summed E-state index contributed by atoms with van der Waals surface area (Å²) >= 11 is 0. The molecule has 5 nitrogen and oxygen atoms in total. The molecule has 1 N–H and O–H groups in total. The average molecular weight is 332 g/mol. The molecule has 2 aromatic rings. The Bertz CT molecular complexity index is 630. The maximum atomic E-state index is 12.7. The molecule has 0 bridgehead atoms. The van der Waals surface area contributed by atoms with Crippen LogP contribution in [0.4, 0.5) is 17.6 Å². The van der Waals surface area contributed by atoms with E-state index in [0.29, 0.717) is 13.0 Å². The first-order valence-corrected chi connectivity index (χ1v) is 6.50. The quantitative estimate of drug-likeness (QED) is 0.792. The Morgan fingerprint density at radius 1 is 1.30 bits per heavy atom. The summed E-state index contributed by atoms with van der Waals surface area (Å²) in [7, 11) is 0. The minimum absolute atomic E-state index is 0.183. The third-order valence-electron chi connectivity index (χ3n) is 2.81. The molecule has 0 saturated carbocycles. The van der Waals surface area contributed by atoms with Crippen molar-refractivity contribution < 1.29 is 31.6 Å². The van der Waals surface area contributed by atoms with Crippen molar-refractivity contribution in [1.82, 2.24) is 10.5 Å². The highest BCUT2D eigenvalue weighted by Crippen LogP contribution is 2.27. The number of halogens is 4. The van der Waals surface area contributed by atoms with Crippen LogP contribution in [0, 0.1) is 0 Å². The van der Waals surface area contributed by atoms with Crippen molar-refractivity contribution in [2.45, 2.75) is 19.0 Å². The van der Waals surface area contributed by atoms with Crippen molar-refractivity contribution in [3.05, 3.63) is 47.9 Å². The molecule has 0 aliphatic heterocycles. The van der Waals surface area contributed by atoms with Gasteiger partial charge < -0.3 is 14.6 Å². The van der Waals surface area contributed by atoms with Gasteiger partial charge in [-0.2, -0.15) is 17.6 Å². The molecule has 0 aliphatic carbocycles.